The smallest absolute Gasteiger partial charge is 0.231 e. The number of hydrogen-bond donors (Lipinski definition) is 0. The van der Waals surface area contributed by atoms with Gasteiger partial charge in [0.2, 0.25) is 12.8 Å². The summed E-state index contributed by atoms with van der Waals surface area (Å²) in [5, 5.41) is 11.5. The third kappa shape index (κ3) is 3.45. The molecule has 0 saturated carbocycles. The van der Waals surface area contributed by atoms with Crippen LogP contribution in [0.25, 0.3) is 0 Å². The van der Waals surface area contributed by atoms with Crippen molar-refractivity contribution in [3.8, 4) is 11.5 Å². The first-order valence-corrected chi connectivity index (χ1v) is 8.41. The summed E-state index contributed by atoms with van der Waals surface area (Å²) < 4.78 is 10.8. The summed E-state index contributed by atoms with van der Waals surface area (Å²) in [6.45, 7) is 8.28. The first kappa shape index (κ1) is 17.3. The van der Waals surface area contributed by atoms with Gasteiger partial charge in [-0.1, -0.05) is 51.1 Å². The lowest BCUT2D eigenvalue weighted by Gasteiger charge is -2.23. The van der Waals surface area contributed by atoms with E-state index in [1.54, 1.807) is 6.92 Å². The van der Waals surface area contributed by atoms with E-state index in [2.05, 4.69) is 32.9 Å². The summed E-state index contributed by atoms with van der Waals surface area (Å²) >= 11 is 0. The highest BCUT2D eigenvalue weighted by Crippen LogP contribution is 2.38. The van der Waals surface area contributed by atoms with Crippen LogP contribution in [0.4, 0.5) is 0 Å². The summed E-state index contributed by atoms with van der Waals surface area (Å²) in [4.78, 5) is 11.3. The zero-order valence-electron chi connectivity index (χ0n) is 15.0. The van der Waals surface area contributed by atoms with Gasteiger partial charge in [0.05, 0.1) is 5.92 Å². The number of fused-ring (bicyclic) bond motifs is 1. The lowest BCUT2D eigenvalue weighted by molar-refractivity contribution is -0.520. The largest absolute Gasteiger partial charge is 0.454 e. The second-order valence-electron chi connectivity index (χ2n) is 7.49. The number of nitrogens with zero attached hydrogens (tertiary/aromatic N) is 1. The number of benzene rings is 2. The van der Waals surface area contributed by atoms with Gasteiger partial charge in [0.1, 0.15) is 0 Å². The Bertz CT molecular complexity index is 777. The molecule has 0 bridgehead atoms. The van der Waals surface area contributed by atoms with Crippen molar-refractivity contribution in [1.29, 1.82) is 0 Å². The Labute approximate surface area is 147 Å². The van der Waals surface area contributed by atoms with E-state index in [0.717, 1.165) is 11.1 Å². The molecule has 5 heteroatoms. The maximum absolute atomic E-state index is 11.5. The molecule has 132 valence electrons. The molecule has 2 unspecified atom stereocenters. The average molecular weight is 341 g/mol. The van der Waals surface area contributed by atoms with Crippen LogP contribution in [0, 0.1) is 10.1 Å². The molecule has 0 N–H and O–H groups in total. The minimum Gasteiger partial charge on any atom is -0.454 e. The minimum atomic E-state index is -0.749. The van der Waals surface area contributed by atoms with Gasteiger partial charge in [0.25, 0.3) is 0 Å². The highest BCUT2D eigenvalue weighted by atomic mass is 16.7. The second-order valence-corrected chi connectivity index (χ2v) is 7.49. The summed E-state index contributed by atoms with van der Waals surface area (Å²) in [7, 11) is 0. The highest BCUT2D eigenvalue weighted by molar-refractivity contribution is 5.48. The Hall–Kier alpha value is -2.56. The molecule has 3 rings (SSSR count). The van der Waals surface area contributed by atoms with Crippen molar-refractivity contribution < 1.29 is 14.4 Å². The van der Waals surface area contributed by atoms with Gasteiger partial charge in [-0.05, 0) is 34.2 Å². The Kier molecular flexibility index (Phi) is 4.41. The van der Waals surface area contributed by atoms with E-state index in [1.807, 2.05) is 30.3 Å². The molecule has 2 atom stereocenters. The van der Waals surface area contributed by atoms with E-state index >= 15 is 0 Å². The molecule has 0 spiro atoms. The fourth-order valence-electron chi connectivity index (χ4n) is 3.17. The Morgan fingerprint density at radius 2 is 1.60 bits per heavy atom. The molecule has 0 aromatic heterocycles. The SMILES string of the molecule is CC(C(c1ccc(C(C)(C)C)cc1)c1ccc2c(c1)OCO2)[N+](=O)[O-]. The van der Waals surface area contributed by atoms with E-state index in [9.17, 15) is 10.1 Å². The number of nitro groups is 1. The Balaban J connectivity index is 2.02. The predicted octanol–water partition coefficient (Wildman–Crippen LogP) is 4.51. The van der Waals surface area contributed by atoms with Gasteiger partial charge >= 0.3 is 0 Å². The van der Waals surface area contributed by atoms with Crippen molar-refractivity contribution in [1.82, 2.24) is 0 Å². The number of rotatable bonds is 4. The fourth-order valence-corrected chi connectivity index (χ4v) is 3.17. The van der Waals surface area contributed by atoms with Crippen molar-refractivity contribution in [2.45, 2.75) is 45.1 Å². The molecule has 1 heterocycles. The van der Waals surface area contributed by atoms with E-state index in [-0.39, 0.29) is 23.0 Å². The number of ether oxygens (including phenoxy) is 2. The van der Waals surface area contributed by atoms with Crippen molar-refractivity contribution in [2.24, 2.45) is 0 Å². The Morgan fingerprint density at radius 3 is 2.20 bits per heavy atom. The molecule has 0 saturated heterocycles. The van der Waals surface area contributed by atoms with Crippen LogP contribution in [-0.2, 0) is 5.41 Å². The third-order valence-corrected chi connectivity index (χ3v) is 4.71. The van der Waals surface area contributed by atoms with Crippen LogP contribution in [0.15, 0.2) is 42.5 Å². The molecule has 2 aromatic carbocycles. The van der Waals surface area contributed by atoms with Crippen LogP contribution in [-0.4, -0.2) is 17.8 Å². The first-order valence-electron chi connectivity index (χ1n) is 8.41. The van der Waals surface area contributed by atoms with Crippen molar-refractivity contribution in [2.75, 3.05) is 6.79 Å². The third-order valence-electron chi connectivity index (χ3n) is 4.71. The first-order chi connectivity index (χ1) is 11.8. The predicted molar refractivity (Wildman–Crippen MR) is 96.0 cm³/mol. The molecule has 0 fully saturated rings. The normalized spacial score (nSPS) is 15.7. The van der Waals surface area contributed by atoms with Crippen LogP contribution in [0.1, 0.15) is 50.3 Å². The molecule has 1 aliphatic rings. The fraction of sp³-hybridized carbons (Fsp3) is 0.400. The van der Waals surface area contributed by atoms with Crippen molar-refractivity contribution in [3.63, 3.8) is 0 Å². The van der Waals surface area contributed by atoms with E-state index in [4.69, 9.17) is 9.47 Å². The van der Waals surface area contributed by atoms with Crippen LogP contribution in [0.5, 0.6) is 11.5 Å². The summed E-state index contributed by atoms with van der Waals surface area (Å²) in [5.74, 6) is 0.974. The molecule has 5 nitrogen and oxygen atoms in total. The standard InChI is InChI=1S/C20H23NO4/c1-13(21(22)23)19(14-5-8-16(9-6-14)20(2,3)4)15-7-10-17-18(11-15)25-12-24-17/h5-11,13,19H,12H2,1-4H3. The maximum atomic E-state index is 11.5. The molecular formula is C20H23NO4. The van der Waals surface area contributed by atoms with Gasteiger partial charge in [-0.2, -0.15) is 0 Å². The quantitative estimate of drug-likeness (QED) is 0.606. The molecule has 0 aliphatic carbocycles. The second kappa shape index (κ2) is 6.39. The average Bonchev–Trinajstić information content (AvgIpc) is 3.02. The van der Waals surface area contributed by atoms with Gasteiger partial charge in [0, 0.05) is 11.8 Å². The summed E-state index contributed by atoms with van der Waals surface area (Å²) in [5.41, 5.74) is 3.03. The van der Waals surface area contributed by atoms with Gasteiger partial charge < -0.3 is 9.47 Å². The van der Waals surface area contributed by atoms with Gasteiger partial charge in [-0.25, -0.2) is 0 Å². The monoisotopic (exact) mass is 341 g/mol. The van der Waals surface area contributed by atoms with Crippen molar-refractivity contribution in [3.05, 3.63) is 69.3 Å². The zero-order chi connectivity index (χ0) is 18.2. The lowest BCUT2D eigenvalue weighted by Crippen LogP contribution is -2.25. The number of hydrogen-bond acceptors (Lipinski definition) is 4. The molecule has 2 aromatic rings. The molecular weight excluding hydrogens is 318 g/mol. The zero-order valence-corrected chi connectivity index (χ0v) is 15.0. The summed E-state index contributed by atoms with van der Waals surface area (Å²) in [6, 6.07) is 12.9. The lowest BCUT2D eigenvalue weighted by atomic mass is 9.82. The molecule has 0 radical (unpaired) electrons. The highest BCUT2D eigenvalue weighted by Gasteiger charge is 2.31. The van der Waals surface area contributed by atoms with E-state index in [1.165, 1.54) is 5.56 Å². The summed E-state index contributed by atoms with van der Waals surface area (Å²) in [6.07, 6.45) is 0. The molecule has 0 amide bonds. The molecule has 25 heavy (non-hydrogen) atoms. The van der Waals surface area contributed by atoms with Crippen LogP contribution in [0.2, 0.25) is 0 Å². The molecule has 1 aliphatic heterocycles. The van der Waals surface area contributed by atoms with Crippen molar-refractivity contribution >= 4 is 0 Å². The van der Waals surface area contributed by atoms with Crippen LogP contribution in [0.3, 0.4) is 0 Å². The Morgan fingerprint density at radius 1 is 1.00 bits per heavy atom. The van der Waals surface area contributed by atoms with Gasteiger partial charge in [-0.3, -0.25) is 10.1 Å². The van der Waals surface area contributed by atoms with Gasteiger partial charge in [0.15, 0.2) is 11.5 Å². The maximum Gasteiger partial charge on any atom is 0.231 e. The van der Waals surface area contributed by atoms with Gasteiger partial charge in [-0.15, -0.1) is 0 Å². The van der Waals surface area contributed by atoms with Crippen LogP contribution >= 0.6 is 0 Å². The van der Waals surface area contributed by atoms with Crippen LogP contribution < -0.4 is 9.47 Å². The van der Waals surface area contributed by atoms with E-state index in [0.29, 0.717) is 11.5 Å². The topological polar surface area (TPSA) is 61.6 Å². The minimum absolute atomic E-state index is 0.0431. The van der Waals surface area contributed by atoms with E-state index < -0.39 is 6.04 Å².